The summed E-state index contributed by atoms with van der Waals surface area (Å²) >= 11 is 1.41. The summed E-state index contributed by atoms with van der Waals surface area (Å²) in [5.74, 6) is 1.86. The second kappa shape index (κ2) is 10.0. The zero-order valence-corrected chi connectivity index (χ0v) is 19.8. The standard InChI is InChI=1S/C24H30N4O2S/c1-16(2)27(17(3)4)22(29)15-31-24-26-25-23(19-8-7-9-21(14-19)30-6)28(24)20-12-10-18(5)11-13-20/h7-14,16-17H,15H2,1-6H3. The first-order valence-corrected chi connectivity index (χ1v) is 11.4. The average molecular weight is 439 g/mol. The van der Waals surface area contributed by atoms with Gasteiger partial charge in [-0.1, -0.05) is 41.6 Å². The van der Waals surface area contributed by atoms with Crippen LogP contribution in [0.15, 0.2) is 53.7 Å². The maximum absolute atomic E-state index is 12.9. The summed E-state index contributed by atoms with van der Waals surface area (Å²) in [6, 6.07) is 16.3. The lowest BCUT2D eigenvalue weighted by atomic mass is 10.2. The maximum Gasteiger partial charge on any atom is 0.233 e. The summed E-state index contributed by atoms with van der Waals surface area (Å²) in [7, 11) is 1.64. The van der Waals surface area contributed by atoms with E-state index in [0.717, 1.165) is 17.0 Å². The van der Waals surface area contributed by atoms with Gasteiger partial charge in [0.05, 0.1) is 12.9 Å². The molecule has 0 aliphatic heterocycles. The Labute approximate surface area is 188 Å². The first-order chi connectivity index (χ1) is 14.8. The Morgan fingerprint density at radius 3 is 2.35 bits per heavy atom. The molecule has 0 saturated carbocycles. The lowest BCUT2D eigenvalue weighted by Gasteiger charge is -2.30. The fourth-order valence-corrected chi connectivity index (χ4v) is 4.43. The van der Waals surface area contributed by atoms with Gasteiger partial charge in [0.15, 0.2) is 11.0 Å². The molecule has 0 N–H and O–H groups in total. The van der Waals surface area contributed by atoms with Gasteiger partial charge in [0.2, 0.25) is 5.91 Å². The lowest BCUT2D eigenvalue weighted by molar-refractivity contribution is -0.131. The predicted molar refractivity (Wildman–Crippen MR) is 126 cm³/mol. The smallest absolute Gasteiger partial charge is 0.233 e. The van der Waals surface area contributed by atoms with Gasteiger partial charge in [-0.25, -0.2) is 0 Å². The number of carbonyl (C=O) groups is 1. The van der Waals surface area contributed by atoms with Crippen molar-refractivity contribution < 1.29 is 9.53 Å². The van der Waals surface area contributed by atoms with Gasteiger partial charge < -0.3 is 9.64 Å². The molecule has 7 heteroatoms. The van der Waals surface area contributed by atoms with E-state index in [0.29, 0.717) is 16.7 Å². The van der Waals surface area contributed by atoms with Gasteiger partial charge in [-0.2, -0.15) is 0 Å². The zero-order valence-electron chi connectivity index (χ0n) is 19.0. The van der Waals surface area contributed by atoms with Crippen LogP contribution in [0, 0.1) is 6.92 Å². The first-order valence-electron chi connectivity index (χ1n) is 10.4. The van der Waals surface area contributed by atoms with E-state index in [1.54, 1.807) is 7.11 Å². The predicted octanol–water partition coefficient (Wildman–Crippen LogP) is 4.99. The van der Waals surface area contributed by atoms with Crippen molar-refractivity contribution in [1.29, 1.82) is 0 Å². The molecule has 0 radical (unpaired) electrons. The number of rotatable bonds is 8. The Bertz CT molecular complexity index is 1020. The SMILES string of the molecule is COc1cccc(-c2nnc(SCC(=O)N(C(C)C)C(C)C)n2-c2ccc(C)cc2)c1. The molecule has 0 spiro atoms. The van der Waals surface area contributed by atoms with Crippen molar-refractivity contribution in [2.24, 2.45) is 0 Å². The molecule has 0 saturated heterocycles. The van der Waals surface area contributed by atoms with E-state index in [2.05, 4.69) is 29.3 Å². The van der Waals surface area contributed by atoms with Crippen molar-refractivity contribution >= 4 is 17.7 Å². The van der Waals surface area contributed by atoms with E-state index < -0.39 is 0 Å². The van der Waals surface area contributed by atoms with Gasteiger partial charge in [0.25, 0.3) is 0 Å². The minimum Gasteiger partial charge on any atom is -0.497 e. The summed E-state index contributed by atoms with van der Waals surface area (Å²) in [6.07, 6.45) is 0. The van der Waals surface area contributed by atoms with Gasteiger partial charge in [0, 0.05) is 23.3 Å². The molecular formula is C24H30N4O2S. The van der Waals surface area contributed by atoms with Crippen LogP contribution in [-0.2, 0) is 4.79 Å². The van der Waals surface area contributed by atoms with Crippen LogP contribution >= 0.6 is 11.8 Å². The average Bonchev–Trinajstić information content (AvgIpc) is 3.16. The van der Waals surface area contributed by atoms with Crippen LogP contribution < -0.4 is 4.74 Å². The zero-order chi connectivity index (χ0) is 22.5. The number of aromatic nitrogens is 3. The highest BCUT2D eigenvalue weighted by Gasteiger charge is 2.22. The van der Waals surface area contributed by atoms with Crippen LogP contribution in [0.25, 0.3) is 17.1 Å². The van der Waals surface area contributed by atoms with Crippen molar-refractivity contribution in [3.8, 4) is 22.8 Å². The molecule has 1 heterocycles. The summed E-state index contributed by atoms with van der Waals surface area (Å²) in [6.45, 7) is 10.2. The molecule has 0 fully saturated rings. The van der Waals surface area contributed by atoms with Crippen molar-refractivity contribution in [2.75, 3.05) is 12.9 Å². The Morgan fingerprint density at radius 1 is 1.06 bits per heavy atom. The molecule has 0 unspecified atom stereocenters. The fraction of sp³-hybridized carbons (Fsp3) is 0.375. The highest BCUT2D eigenvalue weighted by atomic mass is 32.2. The summed E-state index contributed by atoms with van der Waals surface area (Å²) in [5, 5.41) is 9.58. The molecule has 0 atom stereocenters. The van der Waals surface area contributed by atoms with Crippen molar-refractivity contribution in [3.05, 3.63) is 54.1 Å². The molecule has 1 aromatic heterocycles. The number of nitrogens with zero attached hydrogens (tertiary/aromatic N) is 4. The Kier molecular flexibility index (Phi) is 7.38. The van der Waals surface area contributed by atoms with Crippen LogP contribution in [0.4, 0.5) is 0 Å². The number of hydrogen-bond acceptors (Lipinski definition) is 5. The number of hydrogen-bond donors (Lipinski definition) is 0. The number of amides is 1. The summed E-state index contributed by atoms with van der Waals surface area (Å²) in [4.78, 5) is 14.8. The van der Waals surface area contributed by atoms with Gasteiger partial charge in [0.1, 0.15) is 5.75 Å². The monoisotopic (exact) mass is 438 g/mol. The largest absolute Gasteiger partial charge is 0.497 e. The molecule has 164 valence electrons. The van der Waals surface area contributed by atoms with E-state index in [1.807, 2.05) is 73.6 Å². The third-order valence-corrected chi connectivity index (χ3v) is 5.89. The van der Waals surface area contributed by atoms with E-state index in [1.165, 1.54) is 17.3 Å². The second-order valence-corrected chi connectivity index (χ2v) is 8.93. The van der Waals surface area contributed by atoms with Crippen LogP contribution in [0.2, 0.25) is 0 Å². The minimum atomic E-state index is 0.0939. The van der Waals surface area contributed by atoms with Crippen molar-refractivity contribution in [1.82, 2.24) is 19.7 Å². The van der Waals surface area contributed by atoms with Crippen LogP contribution in [0.1, 0.15) is 33.3 Å². The maximum atomic E-state index is 12.9. The third kappa shape index (κ3) is 5.28. The molecule has 2 aromatic carbocycles. The topological polar surface area (TPSA) is 60.3 Å². The van der Waals surface area contributed by atoms with Crippen LogP contribution in [0.5, 0.6) is 5.75 Å². The lowest BCUT2D eigenvalue weighted by Crippen LogP contribution is -2.43. The number of benzene rings is 2. The normalized spacial score (nSPS) is 11.2. The molecule has 6 nitrogen and oxygen atoms in total. The fourth-order valence-electron chi connectivity index (χ4n) is 3.61. The quantitative estimate of drug-likeness (QED) is 0.464. The minimum absolute atomic E-state index is 0.0939. The second-order valence-electron chi connectivity index (χ2n) is 7.99. The van der Waals surface area contributed by atoms with Gasteiger partial charge in [-0.05, 0) is 58.9 Å². The first kappa shape index (κ1) is 22.9. The van der Waals surface area contributed by atoms with E-state index in [4.69, 9.17) is 4.74 Å². The Morgan fingerprint density at radius 2 is 1.74 bits per heavy atom. The number of aryl methyl sites for hydroxylation is 1. The van der Waals surface area contributed by atoms with Gasteiger partial charge in [-0.15, -0.1) is 10.2 Å². The summed E-state index contributed by atoms with van der Waals surface area (Å²) < 4.78 is 7.38. The van der Waals surface area contributed by atoms with Crippen LogP contribution in [-0.4, -0.2) is 50.5 Å². The Hall–Kier alpha value is -2.80. The molecule has 1 amide bonds. The molecule has 0 aliphatic rings. The van der Waals surface area contributed by atoms with Crippen molar-refractivity contribution in [2.45, 2.75) is 51.9 Å². The third-order valence-electron chi connectivity index (χ3n) is 4.98. The molecule has 0 aliphatic carbocycles. The highest BCUT2D eigenvalue weighted by Crippen LogP contribution is 2.30. The molecule has 3 aromatic rings. The summed E-state index contributed by atoms with van der Waals surface area (Å²) in [5.41, 5.74) is 3.03. The van der Waals surface area contributed by atoms with Crippen LogP contribution in [0.3, 0.4) is 0 Å². The van der Waals surface area contributed by atoms with Crippen molar-refractivity contribution in [3.63, 3.8) is 0 Å². The number of thioether (sulfide) groups is 1. The van der Waals surface area contributed by atoms with Gasteiger partial charge in [-0.3, -0.25) is 9.36 Å². The van der Waals surface area contributed by atoms with E-state index in [-0.39, 0.29) is 18.0 Å². The molecule has 0 bridgehead atoms. The highest BCUT2D eigenvalue weighted by molar-refractivity contribution is 7.99. The molecule has 3 rings (SSSR count). The van der Waals surface area contributed by atoms with Gasteiger partial charge >= 0.3 is 0 Å². The number of methoxy groups -OCH3 is 1. The van der Waals surface area contributed by atoms with E-state index >= 15 is 0 Å². The Balaban J connectivity index is 1.98. The number of ether oxygens (including phenoxy) is 1. The molecular weight excluding hydrogens is 408 g/mol. The molecule has 31 heavy (non-hydrogen) atoms. The number of carbonyl (C=O) groups excluding carboxylic acids is 1. The van der Waals surface area contributed by atoms with E-state index in [9.17, 15) is 4.79 Å².